The van der Waals surface area contributed by atoms with Crippen LogP contribution in [0.15, 0.2) is 59.8 Å². The molecule has 0 aliphatic carbocycles. The van der Waals surface area contributed by atoms with Crippen molar-refractivity contribution in [2.24, 2.45) is 0 Å². The maximum Gasteiger partial charge on any atom is 0.245 e. The van der Waals surface area contributed by atoms with Crippen LogP contribution in [0.5, 0.6) is 11.5 Å². The number of carbonyl (C=O) groups is 1. The zero-order chi connectivity index (χ0) is 22.2. The maximum atomic E-state index is 13.4. The number of hydrogen-bond donors (Lipinski definition) is 0. The van der Waals surface area contributed by atoms with E-state index in [2.05, 4.69) is 4.98 Å². The molecule has 0 radical (unpaired) electrons. The number of anilines is 1. The molecule has 9 heteroatoms. The first-order valence-electron chi connectivity index (χ1n) is 9.72. The molecule has 1 fully saturated rings. The Balaban J connectivity index is 1.66. The lowest BCUT2D eigenvalue weighted by atomic mass is 10.2. The number of aromatic nitrogens is 1. The molecule has 1 aromatic heterocycles. The zero-order valence-electron chi connectivity index (χ0n) is 17.5. The van der Waals surface area contributed by atoms with Crippen molar-refractivity contribution in [3.05, 3.63) is 54.9 Å². The van der Waals surface area contributed by atoms with Gasteiger partial charge in [0.15, 0.2) is 0 Å². The molecule has 4 rings (SSSR count). The lowest BCUT2D eigenvalue weighted by Gasteiger charge is -2.24. The SMILES string of the molecule is COc1cc(OC)cc(N2CCC(N(C)S(=O)(=O)c3cccc4cnccc34)C2=O)c1. The molecule has 1 aliphatic heterocycles. The molecule has 3 aromatic rings. The topological polar surface area (TPSA) is 89.0 Å². The second-order valence-electron chi connectivity index (χ2n) is 7.24. The van der Waals surface area contributed by atoms with Crippen LogP contribution in [0.1, 0.15) is 6.42 Å². The van der Waals surface area contributed by atoms with Crippen molar-refractivity contribution in [1.29, 1.82) is 0 Å². The number of methoxy groups -OCH3 is 2. The number of sulfonamides is 1. The van der Waals surface area contributed by atoms with Gasteiger partial charge in [-0.25, -0.2) is 8.42 Å². The van der Waals surface area contributed by atoms with Gasteiger partial charge in [-0.3, -0.25) is 9.78 Å². The number of nitrogens with zero attached hydrogens (tertiary/aromatic N) is 3. The number of amides is 1. The number of ether oxygens (including phenoxy) is 2. The number of carbonyl (C=O) groups excluding carboxylic acids is 1. The molecule has 2 heterocycles. The smallest absolute Gasteiger partial charge is 0.245 e. The van der Waals surface area contributed by atoms with E-state index in [1.807, 2.05) is 0 Å². The van der Waals surface area contributed by atoms with Crippen molar-refractivity contribution in [3.8, 4) is 11.5 Å². The maximum absolute atomic E-state index is 13.4. The van der Waals surface area contributed by atoms with Gasteiger partial charge in [0.05, 0.1) is 24.8 Å². The molecule has 0 bridgehead atoms. The highest BCUT2D eigenvalue weighted by Gasteiger charge is 2.41. The summed E-state index contributed by atoms with van der Waals surface area (Å²) in [6.45, 7) is 0.388. The van der Waals surface area contributed by atoms with Gasteiger partial charge in [0.1, 0.15) is 17.5 Å². The normalized spacial score (nSPS) is 16.8. The quantitative estimate of drug-likeness (QED) is 0.584. The predicted octanol–water partition coefficient (Wildman–Crippen LogP) is 2.68. The van der Waals surface area contributed by atoms with Gasteiger partial charge in [-0.15, -0.1) is 0 Å². The van der Waals surface area contributed by atoms with Gasteiger partial charge in [0.2, 0.25) is 15.9 Å². The summed E-state index contributed by atoms with van der Waals surface area (Å²) in [6, 6.07) is 11.1. The van der Waals surface area contributed by atoms with E-state index in [1.165, 1.54) is 25.6 Å². The molecular weight excluding hydrogens is 418 g/mol. The molecule has 0 spiro atoms. The summed E-state index contributed by atoms with van der Waals surface area (Å²) in [5.41, 5.74) is 0.603. The lowest BCUT2D eigenvalue weighted by Crippen LogP contribution is -2.43. The van der Waals surface area contributed by atoms with Crippen molar-refractivity contribution in [1.82, 2.24) is 9.29 Å². The van der Waals surface area contributed by atoms with Crippen LogP contribution >= 0.6 is 0 Å². The van der Waals surface area contributed by atoms with Gasteiger partial charge >= 0.3 is 0 Å². The highest BCUT2D eigenvalue weighted by molar-refractivity contribution is 7.89. The Bertz CT molecular complexity index is 1220. The third-order valence-electron chi connectivity index (χ3n) is 5.56. The van der Waals surface area contributed by atoms with Crippen molar-refractivity contribution in [2.75, 3.05) is 32.7 Å². The van der Waals surface area contributed by atoms with Crippen LogP contribution in [-0.4, -0.2) is 57.5 Å². The average molecular weight is 442 g/mol. The number of pyridine rings is 1. The molecule has 1 unspecified atom stereocenters. The van der Waals surface area contributed by atoms with Crippen molar-refractivity contribution >= 4 is 32.4 Å². The van der Waals surface area contributed by atoms with Gasteiger partial charge in [0, 0.05) is 55.0 Å². The minimum atomic E-state index is -3.90. The minimum Gasteiger partial charge on any atom is -0.497 e. The van der Waals surface area contributed by atoms with E-state index in [4.69, 9.17) is 9.47 Å². The molecule has 1 saturated heterocycles. The van der Waals surface area contributed by atoms with Crippen LogP contribution < -0.4 is 14.4 Å². The van der Waals surface area contributed by atoms with Crippen LogP contribution in [0.2, 0.25) is 0 Å². The Morgan fingerprint density at radius 3 is 2.48 bits per heavy atom. The molecule has 0 saturated carbocycles. The Hall–Kier alpha value is -3.17. The Kier molecular flexibility index (Phi) is 5.55. The summed E-state index contributed by atoms with van der Waals surface area (Å²) in [4.78, 5) is 19.0. The van der Waals surface area contributed by atoms with Crippen LogP contribution in [0.3, 0.4) is 0 Å². The van der Waals surface area contributed by atoms with E-state index in [0.29, 0.717) is 35.5 Å². The lowest BCUT2D eigenvalue weighted by molar-refractivity contribution is -0.120. The monoisotopic (exact) mass is 441 g/mol. The molecule has 2 aromatic carbocycles. The summed E-state index contributed by atoms with van der Waals surface area (Å²) in [6.07, 6.45) is 3.55. The number of likely N-dealkylation sites (N-methyl/N-ethyl adjacent to an activating group) is 1. The molecule has 162 valence electrons. The van der Waals surface area contributed by atoms with E-state index < -0.39 is 16.1 Å². The zero-order valence-corrected chi connectivity index (χ0v) is 18.3. The molecule has 1 amide bonds. The minimum absolute atomic E-state index is 0.157. The Morgan fingerprint density at radius 1 is 1.10 bits per heavy atom. The van der Waals surface area contributed by atoms with Gasteiger partial charge in [-0.05, 0) is 18.6 Å². The van der Waals surface area contributed by atoms with Gasteiger partial charge < -0.3 is 14.4 Å². The largest absolute Gasteiger partial charge is 0.497 e. The third-order valence-corrected chi connectivity index (χ3v) is 7.49. The summed E-state index contributed by atoms with van der Waals surface area (Å²) >= 11 is 0. The first kappa shape index (κ1) is 21.1. The second-order valence-corrected chi connectivity index (χ2v) is 9.21. The van der Waals surface area contributed by atoms with Crippen LogP contribution in [0.4, 0.5) is 5.69 Å². The summed E-state index contributed by atoms with van der Waals surface area (Å²) in [5.74, 6) is 0.815. The Labute approximate surface area is 181 Å². The van der Waals surface area contributed by atoms with Gasteiger partial charge in [-0.1, -0.05) is 12.1 Å². The fourth-order valence-corrected chi connectivity index (χ4v) is 5.40. The van der Waals surface area contributed by atoms with Crippen molar-refractivity contribution < 1.29 is 22.7 Å². The van der Waals surface area contributed by atoms with Gasteiger partial charge in [0.25, 0.3) is 0 Å². The Morgan fingerprint density at radius 2 is 1.81 bits per heavy atom. The van der Waals surface area contributed by atoms with E-state index >= 15 is 0 Å². The highest BCUT2D eigenvalue weighted by atomic mass is 32.2. The summed E-state index contributed by atoms with van der Waals surface area (Å²) in [5, 5.41) is 1.30. The number of hydrogen-bond acceptors (Lipinski definition) is 6. The fraction of sp³-hybridized carbons (Fsp3) is 0.273. The van der Waals surface area contributed by atoms with Crippen molar-refractivity contribution in [3.63, 3.8) is 0 Å². The van der Waals surface area contributed by atoms with E-state index in [-0.39, 0.29) is 10.8 Å². The van der Waals surface area contributed by atoms with E-state index in [0.717, 1.165) is 5.39 Å². The van der Waals surface area contributed by atoms with E-state index in [1.54, 1.807) is 59.8 Å². The number of rotatable bonds is 6. The van der Waals surface area contributed by atoms with Crippen molar-refractivity contribution in [2.45, 2.75) is 17.4 Å². The van der Waals surface area contributed by atoms with Crippen LogP contribution in [0, 0.1) is 0 Å². The van der Waals surface area contributed by atoms with Crippen LogP contribution in [-0.2, 0) is 14.8 Å². The van der Waals surface area contributed by atoms with E-state index in [9.17, 15) is 13.2 Å². The van der Waals surface area contributed by atoms with Gasteiger partial charge in [-0.2, -0.15) is 4.31 Å². The summed E-state index contributed by atoms with van der Waals surface area (Å²) in [7, 11) is 0.617. The number of benzene rings is 2. The predicted molar refractivity (Wildman–Crippen MR) is 117 cm³/mol. The number of fused-ring (bicyclic) bond motifs is 1. The average Bonchev–Trinajstić information content (AvgIpc) is 3.18. The standard InChI is InChI=1S/C22H23N3O5S/c1-24(31(27,28)21-6-4-5-15-14-23-9-7-19(15)21)20-8-10-25(22(20)26)16-11-17(29-2)13-18(12-16)30-3/h4-7,9,11-14,20H,8,10H2,1-3H3. The second kappa shape index (κ2) is 8.16. The van der Waals surface area contributed by atoms with Crippen LogP contribution in [0.25, 0.3) is 10.8 Å². The molecule has 8 nitrogen and oxygen atoms in total. The molecule has 1 aliphatic rings. The first-order valence-corrected chi connectivity index (χ1v) is 11.2. The highest BCUT2D eigenvalue weighted by Crippen LogP contribution is 2.33. The summed E-state index contributed by atoms with van der Waals surface area (Å²) < 4.78 is 38.6. The molecular formula is C22H23N3O5S. The first-order chi connectivity index (χ1) is 14.9. The third kappa shape index (κ3) is 3.70. The molecule has 31 heavy (non-hydrogen) atoms. The molecule has 0 N–H and O–H groups in total. The fourth-order valence-electron chi connectivity index (χ4n) is 3.85. The molecule has 1 atom stereocenters.